The fourth-order valence-corrected chi connectivity index (χ4v) is 1.93. The van der Waals surface area contributed by atoms with Gasteiger partial charge in [-0.1, -0.05) is 22.9 Å². The van der Waals surface area contributed by atoms with Crippen LogP contribution in [0.4, 0.5) is 0 Å². The molecule has 0 bridgehead atoms. The number of carbonyl (C=O) groups is 1. The number of aliphatic hydroxyl groups excluding tert-OH is 1. The second-order valence-corrected chi connectivity index (χ2v) is 4.84. The van der Waals surface area contributed by atoms with Gasteiger partial charge >= 0.3 is 0 Å². The van der Waals surface area contributed by atoms with Gasteiger partial charge in [-0.15, -0.1) is 0 Å². The molecule has 0 radical (unpaired) electrons. The van der Waals surface area contributed by atoms with Crippen molar-refractivity contribution in [2.75, 3.05) is 13.7 Å². The van der Waals surface area contributed by atoms with Gasteiger partial charge in [0.05, 0.1) is 26.2 Å². The summed E-state index contributed by atoms with van der Waals surface area (Å²) >= 11 is 3.40. The van der Waals surface area contributed by atoms with Gasteiger partial charge in [0.25, 0.3) is 0 Å². The molecule has 1 rings (SSSR count). The van der Waals surface area contributed by atoms with Gasteiger partial charge in [-0.3, -0.25) is 4.79 Å². The quantitative estimate of drug-likeness (QED) is 0.842. The molecule has 0 saturated carbocycles. The number of ether oxygens (including phenoxy) is 1. The van der Waals surface area contributed by atoms with Crippen LogP contribution < -0.4 is 10.1 Å². The van der Waals surface area contributed by atoms with Crippen LogP contribution in [-0.4, -0.2) is 30.8 Å². The van der Waals surface area contributed by atoms with Crippen molar-refractivity contribution in [3.8, 4) is 5.75 Å². The molecule has 5 heteroatoms. The molecule has 0 aliphatic heterocycles. The van der Waals surface area contributed by atoms with E-state index in [1.165, 1.54) is 0 Å². The zero-order chi connectivity index (χ0) is 13.5. The Morgan fingerprint density at radius 2 is 2.28 bits per heavy atom. The van der Waals surface area contributed by atoms with Gasteiger partial charge in [0.15, 0.2) is 0 Å². The lowest BCUT2D eigenvalue weighted by Crippen LogP contribution is -2.37. The molecule has 0 saturated heterocycles. The summed E-state index contributed by atoms with van der Waals surface area (Å²) < 4.78 is 5.99. The van der Waals surface area contributed by atoms with E-state index >= 15 is 0 Å². The normalized spacial score (nSPS) is 12.0. The van der Waals surface area contributed by atoms with Crippen LogP contribution in [0.5, 0.6) is 5.75 Å². The number of aliphatic hydroxyl groups is 1. The van der Waals surface area contributed by atoms with Crippen LogP contribution >= 0.6 is 15.9 Å². The highest BCUT2D eigenvalue weighted by atomic mass is 79.9. The fourth-order valence-electron chi connectivity index (χ4n) is 1.54. The predicted molar refractivity (Wildman–Crippen MR) is 73.7 cm³/mol. The Bertz CT molecular complexity index is 405. The highest BCUT2D eigenvalue weighted by molar-refractivity contribution is 9.10. The molecule has 100 valence electrons. The third kappa shape index (κ3) is 4.31. The Kier molecular flexibility index (Phi) is 6.15. The average Bonchev–Trinajstić information content (AvgIpc) is 2.38. The van der Waals surface area contributed by atoms with Crippen molar-refractivity contribution in [2.24, 2.45) is 0 Å². The number of nitrogens with one attached hydrogen (secondary N) is 1. The summed E-state index contributed by atoms with van der Waals surface area (Å²) in [6, 6.07) is 5.32. The lowest BCUT2D eigenvalue weighted by Gasteiger charge is -2.14. The van der Waals surface area contributed by atoms with Crippen LogP contribution in [-0.2, 0) is 11.2 Å². The number of rotatable bonds is 6. The molecule has 0 aliphatic rings. The third-order valence-corrected chi connectivity index (χ3v) is 3.46. The fraction of sp³-hybridized carbons (Fsp3) is 0.462. The Morgan fingerprint density at radius 1 is 1.56 bits per heavy atom. The first-order valence-electron chi connectivity index (χ1n) is 5.83. The molecular formula is C13H18BrNO3. The summed E-state index contributed by atoms with van der Waals surface area (Å²) in [4.78, 5) is 11.8. The summed E-state index contributed by atoms with van der Waals surface area (Å²) in [5, 5.41) is 11.8. The number of benzene rings is 1. The summed E-state index contributed by atoms with van der Waals surface area (Å²) in [7, 11) is 1.59. The van der Waals surface area contributed by atoms with E-state index < -0.39 is 0 Å². The topological polar surface area (TPSA) is 58.6 Å². The predicted octanol–water partition coefficient (Wildman–Crippen LogP) is 1.89. The molecule has 1 aromatic carbocycles. The molecule has 0 unspecified atom stereocenters. The lowest BCUT2D eigenvalue weighted by atomic mass is 10.1. The van der Waals surface area contributed by atoms with Crippen LogP contribution in [0.25, 0.3) is 0 Å². The highest BCUT2D eigenvalue weighted by Gasteiger charge is 2.12. The van der Waals surface area contributed by atoms with Crippen molar-refractivity contribution in [1.82, 2.24) is 5.32 Å². The Hall–Kier alpha value is -1.07. The van der Waals surface area contributed by atoms with Gasteiger partial charge in [-0.2, -0.15) is 0 Å². The highest BCUT2D eigenvalue weighted by Crippen LogP contribution is 2.22. The maximum atomic E-state index is 11.8. The average molecular weight is 316 g/mol. The van der Waals surface area contributed by atoms with E-state index in [9.17, 15) is 4.79 Å². The zero-order valence-corrected chi connectivity index (χ0v) is 12.2. The van der Waals surface area contributed by atoms with E-state index in [-0.39, 0.29) is 25.0 Å². The molecule has 4 nitrogen and oxygen atoms in total. The number of methoxy groups -OCH3 is 1. The van der Waals surface area contributed by atoms with E-state index in [1.807, 2.05) is 25.1 Å². The van der Waals surface area contributed by atoms with Gasteiger partial charge in [0.1, 0.15) is 5.75 Å². The van der Waals surface area contributed by atoms with Crippen LogP contribution in [0.2, 0.25) is 0 Å². The van der Waals surface area contributed by atoms with Crippen LogP contribution in [0.1, 0.15) is 18.9 Å². The van der Waals surface area contributed by atoms with E-state index in [2.05, 4.69) is 21.2 Å². The van der Waals surface area contributed by atoms with Crippen molar-refractivity contribution < 1.29 is 14.6 Å². The molecule has 0 aliphatic carbocycles. The standard InChI is InChI=1S/C13H18BrNO3/c1-3-10(8-16)15-13(17)7-9-6-11(18-2)4-5-12(9)14/h4-6,10,16H,3,7-8H2,1-2H3,(H,15,17)/t10-/m0/s1. The first-order valence-corrected chi connectivity index (χ1v) is 6.62. The molecular weight excluding hydrogens is 298 g/mol. The lowest BCUT2D eigenvalue weighted by molar-refractivity contribution is -0.121. The summed E-state index contributed by atoms with van der Waals surface area (Å²) in [5.41, 5.74) is 0.861. The van der Waals surface area contributed by atoms with Gasteiger partial charge < -0.3 is 15.2 Å². The minimum Gasteiger partial charge on any atom is -0.497 e. The van der Waals surface area contributed by atoms with Gasteiger partial charge in [0, 0.05) is 4.47 Å². The zero-order valence-electron chi connectivity index (χ0n) is 10.6. The Labute approximate surface area is 115 Å². The summed E-state index contributed by atoms with van der Waals surface area (Å²) in [6.07, 6.45) is 0.968. The molecule has 18 heavy (non-hydrogen) atoms. The molecule has 0 heterocycles. The smallest absolute Gasteiger partial charge is 0.224 e. The molecule has 1 atom stereocenters. The molecule has 1 amide bonds. The minimum atomic E-state index is -0.179. The number of hydrogen-bond acceptors (Lipinski definition) is 3. The summed E-state index contributed by atoms with van der Waals surface area (Å²) in [5.74, 6) is 0.611. The van der Waals surface area contributed by atoms with E-state index in [1.54, 1.807) is 7.11 Å². The van der Waals surface area contributed by atoms with Gasteiger partial charge in [-0.25, -0.2) is 0 Å². The number of halogens is 1. The summed E-state index contributed by atoms with van der Waals surface area (Å²) in [6.45, 7) is 1.88. The van der Waals surface area contributed by atoms with Crippen molar-refractivity contribution in [1.29, 1.82) is 0 Å². The molecule has 2 N–H and O–H groups in total. The maximum absolute atomic E-state index is 11.8. The Morgan fingerprint density at radius 3 is 2.83 bits per heavy atom. The van der Waals surface area contributed by atoms with Crippen LogP contribution in [0.3, 0.4) is 0 Å². The van der Waals surface area contributed by atoms with E-state index in [0.29, 0.717) is 6.42 Å². The first kappa shape index (κ1) is 15.0. The second-order valence-electron chi connectivity index (χ2n) is 3.99. The van der Waals surface area contributed by atoms with E-state index in [4.69, 9.17) is 9.84 Å². The van der Waals surface area contributed by atoms with Crippen molar-refractivity contribution >= 4 is 21.8 Å². The van der Waals surface area contributed by atoms with Crippen molar-refractivity contribution in [2.45, 2.75) is 25.8 Å². The van der Waals surface area contributed by atoms with Gasteiger partial charge in [-0.05, 0) is 30.2 Å². The van der Waals surface area contributed by atoms with Crippen molar-refractivity contribution in [3.63, 3.8) is 0 Å². The Balaban J connectivity index is 2.69. The second kappa shape index (κ2) is 7.38. The van der Waals surface area contributed by atoms with Crippen LogP contribution in [0.15, 0.2) is 22.7 Å². The molecule has 0 spiro atoms. The third-order valence-electron chi connectivity index (χ3n) is 2.68. The number of hydrogen-bond donors (Lipinski definition) is 2. The maximum Gasteiger partial charge on any atom is 0.224 e. The SMILES string of the molecule is CC[C@@H](CO)NC(=O)Cc1cc(OC)ccc1Br. The van der Waals surface area contributed by atoms with Gasteiger partial charge in [0.2, 0.25) is 5.91 Å². The minimum absolute atomic E-state index is 0.0402. The largest absolute Gasteiger partial charge is 0.497 e. The molecule has 1 aromatic rings. The van der Waals surface area contributed by atoms with Crippen molar-refractivity contribution in [3.05, 3.63) is 28.2 Å². The first-order chi connectivity index (χ1) is 8.60. The van der Waals surface area contributed by atoms with Crippen LogP contribution in [0, 0.1) is 0 Å². The monoisotopic (exact) mass is 315 g/mol. The number of carbonyl (C=O) groups excluding carboxylic acids is 1. The van der Waals surface area contributed by atoms with E-state index in [0.717, 1.165) is 15.8 Å². The number of amides is 1. The molecule has 0 fully saturated rings. The molecule has 0 aromatic heterocycles.